The molecule has 5 heteroatoms. The average molecular weight is 259 g/mol. The van der Waals surface area contributed by atoms with Crippen LogP contribution in [0.2, 0.25) is 0 Å². The molecule has 1 heterocycles. The number of hydrogen-bond acceptors (Lipinski definition) is 4. The van der Waals surface area contributed by atoms with Gasteiger partial charge in [0.25, 0.3) is 0 Å². The molecule has 100 valence electrons. The molecule has 1 saturated heterocycles. The van der Waals surface area contributed by atoms with E-state index in [1.54, 1.807) is 6.07 Å². The standard InChI is InChI=1S/C14H17N3O2/c1-9-4-3-5-12(10(9)6-15)17-14(18)11-7-19-8-13(11)16-2/h3-5,11,13,16H,7-8H2,1-2H3,(H,17,18). The highest BCUT2D eigenvalue weighted by Crippen LogP contribution is 2.21. The van der Waals surface area contributed by atoms with E-state index in [0.29, 0.717) is 24.5 Å². The van der Waals surface area contributed by atoms with Crippen molar-refractivity contribution in [1.29, 1.82) is 5.26 Å². The van der Waals surface area contributed by atoms with E-state index in [4.69, 9.17) is 10.00 Å². The fourth-order valence-electron chi connectivity index (χ4n) is 2.24. The van der Waals surface area contributed by atoms with Gasteiger partial charge in [0.2, 0.25) is 5.91 Å². The number of likely N-dealkylation sites (N-methyl/N-ethyl adjacent to an activating group) is 1. The highest BCUT2D eigenvalue weighted by atomic mass is 16.5. The Labute approximate surface area is 112 Å². The van der Waals surface area contributed by atoms with E-state index in [0.717, 1.165) is 5.56 Å². The minimum atomic E-state index is -0.225. The third-order valence-corrected chi connectivity index (χ3v) is 3.43. The van der Waals surface area contributed by atoms with Crippen molar-refractivity contribution in [3.63, 3.8) is 0 Å². The summed E-state index contributed by atoms with van der Waals surface area (Å²) in [5.41, 5.74) is 1.93. The number of nitriles is 1. The Bertz CT molecular complexity index is 522. The van der Waals surface area contributed by atoms with Gasteiger partial charge in [-0.1, -0.05) is 12.1 Å². The lowest BCUT2D eigenvalue weighted by atomic mass is 10.0. The molecule has 2 unspecified atom stereocenters. The SMILES string of the molecule is CNC1COCC1C(=O)Nc1cccc(C)c1C#N. The van der Waals surface area contributed by atoms with Crippen LogP contribution in [-0.2, 0) is 9.53 Å². The van der Waals surface area contributed by atoms with E-state index < -0.39 is 0 Å². The van der Waals surface area contributed by atoms with Crippen molar-refractivity contribution in [2.75, 3.05) is 25.6 Å². The van der Waals surface area contributed by atoms with Gasteiger partial charge >= 0.3 is 0 Å². The van der Waals surface area contributed by atoms with Crippen LogP contribution in [0.25, 0.3) is 0 Å². The van der Waals surface area contributed by atoms with Gasteiger partial charge in [-0.3, -0.25) is 4.79 Å². The average Bonchev–Trinajstić information content (AvgIpc) is 2.87. The van der Waals surface area contributed by atoms with Crippen LogP contribution in [0.3, 0.4) is 0 Å². The van der Waals surface area contributed by atoms with Crippen molar-refractivity contribution in [3.8, 4) is 6.07 Å². The van der Waals surface area contributed by atoms with Crippen LogP contribution in [0.15, 0.2) is 18.2 Å². The number of rotatable bonds is 3. The Morgan fingerprint density at radius 2 is 2.26 bits per heavy atom. The molecular formula is C14H17N3O2. The summed E-state index contributed by atoms with van der Waals surface area (Å²) in [7, 11) is 1.81. The van der Waals surface area contributed by atoms with Gasteiger partial charge in [-0.2, -0.15) is 5.26 Å². The molecule has 1 amide bonds. The third-order valence-electron chi connectivity index (χ3n) is 3.43. The Morgan fingerprint density at radius 3 is 2.95 bits per heavy atom. The van der Waals surface area contributed by atoms with E-state index in [2.05, 4.69) is 16.7 Å². The van der Waals surface area contributed by atoms with E-state index in [1.165, 1.54) is 0 Å². The third kappa shape index (κ3) is 2.75. The summed E-state index contributed by atoms with van der Waals surface area (Å²) in [6, 6.07) is 7.57. The van der Waals surface area contributed by atoms with Gasteiger partial charge in [-0.25, -0.2) is 0 Å². The maximum atomic E-state index is 12.2. The van der Waals surface area contributed by atoms with Gasteiger partial charge in [0, 0.05) is 6.04 Å². The summed E-state index contributed by atoms with van der Waals surface area (Å²) in [4.78, 5) is 12.2. The van der Waals surface area contributed by atoms with E-state index in [1.807, 2.05) is 26.1 Å². The Morgan fingerprint density at radius 1 is 1.47 bits per heavy atom. The number of hydrogen-bond donors (Lipinski definition) is 2. The first-order valence-electron chi connectivity index (χ1n) is 6.23. The summed E-state index contributed by atoms with van der Waals surface area (Å²) in [5.74, 6) is -0.337. The fourth-order valence-corrected chi connectivity index (χ4v) is 2.24. The number of anilines is 1. The van der Waals surface area contributed by atoms with Gasteiger partial charge in [0.1, 0.15) is 6.07 Å². The number of nitrogens with one attached hydrogen (secondary N) is 2. The topological polar surface area (TPSA) is 74.2 Å². The summed E-state index contributed by atoms with van der Waals surface area (Å²) < 4.78 is 5.31. The zero-order valence-corrected chi connectivity index (χ0v) is 11.1. The molecule has 1 aromatic rings. The second kappa shape index (κ2) is 5.83. The van der Waals surface area contributed by atoms with Crippen molar-refractivity contribution in [2.45, 2.75) is 13.0 Å². The lowest BCUT2D eigenvalue weighted by molar-refractivity contribution is -0.120. The molecule has 0 aromatic heterocycles. The zero-order chi connectivity index (χ0) is 13.8. The lowest BCUT2D eigenvalue weighted by Gasteiger charge is -2.17. The van der Waals surface area contributed by atoms with Gasteiger partial charge in [-0.05, 0) is 25.6 Å². The van der Waals surface area contributed by atoms with Crippen molar-refractivity contribution >= 4 is 11.6 Å². The van der Waals surface area contributed by atoms with Crippen molar-refractivity contribution in [3.05, 3.63) is 29.3 Å². The Hall–Kier alpha value is -1.90. The second-order valence-electron chi connectivity index (χ2n) is 4.64. The largest absolute Gasteiger partial charge is 0.379 e. The van der Waals surface area contributed by atoms with Crippen LogP contribution in [0, 0.1) is 24.2 Å². The Balaban J connectivity index is 2.16. The van der Waals surface area contributed by atoms with Gasteiger partial charge < -0.3 is 15.4 Å². The van der Waals surface area contributed by atoms with Gasteiger partial charge in [0.15, 0.2) is 0 Å². The van der Waals surface area contributed by atoms with Gasteiger partial charge in [-0.15, -0.1) is 0 Å². The molecule has 19 heavy (non-hydrogen) atoms. The molecule has 1 aliphatic heterocycles. The van der Waals surface area contributed by atoms with Crippen LogP contribution < -0.4 is 10.6 Å². The maximum absolute atomic E-state index is 12.2. The summed E-state index contributed by atoms with van der Waals surface area (Å²) in [6.45, 7) is 2.79. The van der Waals surface area contributed by atoms with Gasteiger partial charge in [0.05, 0.1) is 30.4 Å². The molecule has 0 radical (unpaired) electrons. The molecular weight excluding hydrogens is 242 g/mol. The summed E-state index contributed by atoms with van der Waals surface area (Å²) >= 11 is 0. The number of carbonyl (C=O) groups excluding carboxylic acids is 1. The van der Waals surface area contributed by atoms with Crippen molar-refractivity contribution in [1.82, 2.24) is 5.32 Å². The monoisotopic (exact) mass is 259 g/mol. The minimum absolute atomic E-state index is 0.0235. The normalized spacial score (nSPS) is 21.9. The summed E-state index contributed by atoms with van der Waals surface area (Å²) in [5, 5.41) is 15.0. The first-order valence-corrected chi connectivity index (χ1v) is 6.23. The quantitative estimate of drug-likeness (QED) is 0.850. The molecule has 2 atom stereocenters. The number of amides is 1. The number of benzene rings is 1. The molecule has 2 rings (SSSR count). The number of ether oxygens (including phenoxy) is 1. The first-order chi connectivity index (χ1) is 9.17. The molecule has 0 aliphatic carbocycles. The lowest BCUT2D eigenvalue weighted by Crippen LogP contribution is -2.39. The molecule has 0 spiro atoms. The number of aryl methyl sites for hydroxylation is 1. The van der Waals surface area contributed by atoms with Crippen LogP contribution in [-0.4, -0.2) is 32.2 Å². The zero-order valence-electron chi connectivity index (χ0n) is 11.1. The van der Waals surface area contributed by atoms with E-state index >= 15 is 0 Å². The highest BCUT2D eigenvalue weighted by Gasteiger charge is 2.33. The van der Waals surface area contributed by atoms with Crippen LogP contribution >= 0.6 is 0 Å². The maximum Gasteiger partial charge on any atom is 0.231 e. The number of nitrogens with zero attached hydrogens (tertiary/aromatic N) is 1. The van der Waals surface area contributed by atoms with Crippen molar-refractivity contribution < 1.29 is 9.53 Å². The van der Waals surface area contributed by atoms with Crippen LogP contribution in [0.1, 0.15) is 11.1 Å². The second-order valence-corrected chi connectivity index (χ2v) is 4.64. The van der Waals surface area contributed by atoms with E-state index in [9.17, 15) is 4.79 Å². The van der Waals surface area contributed by atoms with Crippen LogP contribution in [0.5, 0.6) is 0 Å². The molecule has 0 bridgehead atoms. The Kier molecular flexibility index (Phi) is 4.15. The molecule has 2 N–H and O–H groups in total. The fraction of sp³-hybridized carbons (Fsp3) is 0.429. The number of carbonyl (C=O) groups is 1. The first kappa shape index (κ1) is 13.5. The molecule has 1 aromatic carbocycles. The van der Waals surface area contributed by atoms with Crippen LogP contribution in [0.4, 0.5) is 5.69 Å². The minimum Gasteiger partial charge on any atom is -0.379 e. The van der Waals surface area contributed by atoms with E-state index in [-0.39, 0.29) is 17.9 Å². The molecule has 1 aliphatic rings. The molecule has 1 fully saturated rings. The molecule has 0 saturated carbocycles. The van der Waals surface area contributed by atoms with Crippen molar-refractivity contribution in [2.24, 2.45) is 5.92 Å². The predicted octanol–water partition coefficient (Wildman–Crippen LogP) is 1.04. The highest BCUT2D eigenvalue weighted by molar-refractivity contribution is 5.94. The smallest absolute Gasteiger partial charge is 0.231 e. The summed E-state index contributed by atoms with van der Waals surface area (Å²) in [6.07, 6.45) is 0. The predicted molar refractivity (Wildman–Crippen MR) is 71.7 cm³/mol. The molecule has 5 nitrogen and oxygen atoms in total.